The van der Waals surface area contributed by atoms with Crippen molar-refractivity contribution < 1.29 is 0 Å². The van der Waals surface area contributed by atoms with Crippen molar-refractivity contribution in [2.45, 2.75) is 0 Å². The summed E-state index contributed by atoms with van der Waals surface area (Å²) in [6.07, 6.45) is 0. The average Bonchev–Trinajstić information content (AvgIpc) is 3.35. The summed E-state index contributed by atoms with van der Waals surface area (Å²) >= 11 is 0. The topological polar surface area (TPSA) is 60.5 Å². The van der Waals surface area contributed by atoms with Crippen LogP contribution >= 0.6 is 0 Å². The lowest BCUT2D eigenvalue weighted by Crippen LogP contribution is -2.25. The van der Waals surface area contributed by atoms with E-state index in [-0.39, 0.29) is 11.1 Å². The highest BCUT2D eigenvalue weighted by Crippen LogP contribution is 2.60. The van der Waals surface area contributed by atoms with E-state index < -0.39 is 0 Å². The second-order valence-electron chi connectivity index (χ2n) is 14.4. The van der Waals surface area contributed by atoms with Gasteiger partial charge in [0.25, 0.3) is 0 Å². The van der Waals surface area contributed by atoms with E-state index in [9.17, 15) is 10.5 Å². The van der Waals surface area contributed by atoms with Crippen LogP contribution in [-0.2, 0) is 0 Å². The highest BCUT2D eigenvalue weighted by atomic mass is 15.3. The number of anilines is 12. The van der Waals surface area contributed by atoms with Crippen molar-refractivity contribution in [3.63, 3.8) is 0 Å². The van der Waals surface area contributed by atoms with Crippen molar-refractivity contribution in [2.75, 3.05) is 19.6 Å². The number of hydrogen-bond acceptors (Lipinski definition) is 6. The number of nitrogens with zero attached hydrogens (tertiary/aromatic N) is 6. The molecule has 9 aromatic carbocycles. The minimum Gasteiger partial charge on any atom is -0.307 e. The van der Waals surface area contributed by atoms with Crippen LogP contribution in [0, 0.1) is 22.7 Å². The third-order valence-corrected chi connectivity index (χ3v) is 10.6. The Balaban J connectivity index is 1.60. The predicted octanol–water partition coefficient (Wildman–Crippen LogP) is 15.3. The van der Waals surface area contributed by atoms with Gasteiger partial charge in [-0.05, 0) is 97.1 Å². The third-order valence-electron chi connectivity index (χ3n) is 10.6. The van der Waals surface area contributed by atoms with Crippen molar-refractivity contribution in [1.29, 1.82) is 10.5 Å². The first-order valence-corrected chi connectivity index (χ1v) is 20.4. The molecule has 6 nitrogen and oxygen atoms in total. The van der Waals surface area contributed by atoms with Gasteiger partial charge in [-0.3, -0.25) is 0 Å². The molecule has 0 radical (unpaired) electrons. The monoisotopic (exact) mass is 796 g/mol. The highest BCUT2D eigenvalue weighted by Gasteiger charge is 2.38. The van der Waals surface area contributed by atoms with E-state index in [1.165, 1.54) is 0 Å². The Bertz CT molecular complexity index is 2590. The molecule has 0 amide bonds. The number of rotatable bonds is 12. The highest BCUT2D eigenvalue weighted by molar-refractivity contribution is 6.11. The van der Waals surface area contributed by atoms with Crippen LogP contribution < -0.4 is 19.6 Å². The van der Waals surface area contributed by atoms with E-state index >= 15 is 0 Å². The van der Waals surface area contributed by atoms with Gasteiger partial charge < -0.3 is 19.6 Å². The van der Waals surface area contributed by atoms with Gasteiger partial charge in [0.05, 0.1) is 33.9 Å². The van der Waals surface area contributed by atoms with Gasteiger partial charge in [0.2, 0.25) is 0 Å². The van der Waals surface area contributed by atoms with Crippen molar-refractivity contribution in [3.05, 3.63) is 254 Å². The number of benzene rings is 9. The fourth-order valence-corrected chi connectivity index (χ4v) is 8.02. The minimum absolute atomic E-state index is 0.212. The van der Waals surface area contributed by atoms with Crippen LogP contribution in [0.5, 0.6) is 0 Å². The Morgan fingerprint density at radius 1 is 0.210 bits per heavy atom. The molecule has 0 unspecified atom stereocenters. The van der Waals surface area contributed by atoms with E-state index in [0.29, 0.717) is 22.7 Å². The van der Waals surface area contributed by atoms with Crippen LogP contribution in [0.15, 0.2) is 243 Å². The smallest absolute Gasteiger partial charge is 0.103 e. The summed E-state index contributed by atoms with van der Waals surface area (Å²) < 4.78 is 0. The first-order chi connectivity index (χ1) is 30.8. The molecular formula is C56H40N6. The maximum absolute atomic E-state index is 11.9. The van der Waals surface area contributed by atoms with Crippen molar-refractivity contribution in [2.24, 2.45) is 0 Å². The van der Waals surface area contributed by atoms with Crippen LogP contribution in [0.2, 0.25) is 0 Å². The Labute approximate surface area is 362 Å². The average molecular weight is 797 g/mol. The Kier molecular flexibility index (Phi) is 11.2. The standard InChI is InChI=1S/C56H40N6/c57-41-51-52(42-58)54(60(45-29-13-3-14-30-45)46-31-15-4-16-32-46)56(62(49-37-21-7-22-38-49)50-39-23-8-24-40-50)55(61(47-33-17-5-18-34-47)48-35-19-6-20-36-48)53(51)59(43-25-9-1-10-26-43)44-27-11-2-12-28-44/h1-40H. The van der Waals surface area contributed by atoms with E-state index in [1.807, 2.05) is 194 Å². The summed E-state index contributed by atoms with van der Waals surface area (Å²) in [5.41, 5.74) is 9.51. The summed E-state index contributed by atoms with van der Waals surface area (Å²) in [6, 6.07) is 86.4. The fourth-order valence-electron chi connectivity index (χ4n) is 8.02. The number of nitriles is 2. The predicted molar refractivity (Wildman–Crippen MR) is 255 cm³/mol. The van der Waals surface area contributed by atoms with E-state index in [0.717, 1.165) is 45.5 Å². The summed E-state index contributed by atoms with van der Waals surface area (Å²) in [6.45, 7) is 0. The normalized spacial score (nSPS) is 10.5. The molecule has 0 N–H and O–H groups in total. The second-order valence-corrected chi connectivity index (χ2v) is 14.4. The summed E-state index contributed by atoms with van der Waals surface area (Å²) in [7, 11) is 0. The molecule has 0 aliphatic rings. The van der Waals surface area contributed by atoms with Crippen LogP contribution in [0.1, 0.15) is 11.1 Å². The van der Waals surface area contributed by atoms with Gasteiger partial charge in [0.1, 0.15) is 12.1 Å². The summed E-state index contributed by atoms with van der Waals surface area (Å²) in [4.78, 5) is 8.68. The Morgan fingerprint density at radius 3 is 0.500 bits per heavy atom. The summed E-state index contributed by atoms with van der Waals surface area (Å²) in [5, 5.41) is 23.7. The molecule has 0 heterocycles. The third kappa shape index (κ3) is 7.48. The van der Waals surface area contributed by atoms with Crippen molar-refractivity contribution >= 4 is 68.2 Å². The maximum Gasteiger partial charge on any atom is 0.103 e. The van der Waals surface area contributed by atoms with Gasteiger partial charge in [-0.2, -0.15) is 10.5 Å². The lowest BCUT2D eigenvalue weighted by molar-refractivity contribution is 1.16. The molecule has 0 spiro atoms. The zero-order chi connectivity index (χ0) is 42.1. The molecule has 0 saturated carbocycles. The van der Waals surface area contributed by atoms with Crippen molar-refractivity contribution in [3.8, 4) is 12.1 Å². The molecule has 0 bridgehead atoms. The summed E-state index contributed by atoms with van der Waals surface area (Å²) in [5.74, 6) is 0. The largest absolute Gasteiger partial charge is 0.307 e. The SMILES string of the molecule is N#Cc1c(C#N)c(N(c2ccccc2)c2ccccc2)c(N(c2ccccc2)c2ccccc2)c(N(c2ccccc2)c2ccccc2)c1N(c1ccccc1)c1ccccc1. The molecule has 9 aromatic rings. The molecule has 0 saturated heterocycles. The van der Waals surface area contributed by atoms with Crippen LogP contribution in [0.3, 0.4) is 0 Å². The molecule has 294 valence electrons. The number of hydrogen-bond donors (Lipinski definition) is 0. The fraction of sp³-hybridized carbons (Fsp3) is 0. The van der Waals surface area contributed by atoms with E-state index in [1.54, 1.807) is 0 Å². The lowest BCUT2D eigenvalue weighted by atomic mass is 9.94. The molecular weight excluding hydrogens is 757 g/mol. The maximum atomic E-state index is 11.9. The van der Waals surface area contributed by atoms with Crippen LogP contribution in [0.25, 0.3) is 0 Å². The zero-order valence-corrected chi connectivity index (χ0v) is 33.8. The number of para-hydroxylation sites is 8. The quantitative estimate of drug-likeness (QED) is 0.123. The molecule has 0 aliphatic heterocycles. The molecule has 9 rings (SSSR count). The van der Waals surface area contributed by atoms with Gasteiger partial charge in [0.15, 0.2) is 0 Å². The molecule has 0 fully saturated rings. The van der Waals surface area contributed by atoms with E-state index in [4.69, 9.17) is 0 Å². The lowest BCUT2D eigenvalue weighted by Gasteiger charge is -2.41. The molecule has 0 aromatic heterocycles. The first-order valence-electron chi connectivity index (χ1n) is 20.4. The second kappa shape index (κ2) is 18.0. The van der Waals surface area contributed by atoms with Crippen molar-refractivity contribution in [1.82, 2.24) is 0 Å². The van der Waals surface area contributed by atoms with Crippen LogP contribution in [0.4, 0.5) is 68.2 Å². The van der Waals surface area contributed by atoms with Gasteiger partial charge in [0, 0.05) is 45.5 Å². The van der Waals surface area contributed by atoms with Gasteiger partial charge in [-0.25, -0.2) is 0 Å². The molecule has 0 aliphatic carbocycles. The molecule has 62 heavy (non-hydrogen) atoms. The zero-order valence-electron chi connectivity index (χ0n) is 33.8. The van der Waals surface area contributed by atoms with E-state index in [2.05, 4.69) is 80.3 Å². The minimum atomic E-state index is 0.212. The molecule has 6 heteroatoms. The van der Waals surface area contributed by atoms with Gasteiger partial charge in [-0.15, -0.1) is 0 Å². The van der Waals surface area contributed by atoms with Crippen LogP contribution in [-0.4, -0.2) is 0 Å². The Morgan fingerprint density at radius 2 is 0.355 bits per heavy atom. The first kappa shape index (κ1) is 38.7. The van der Waals surface area contributed by atoms with Gasteiger partial charge in [-0.1, -0.05) is 146 Å². The van der Waals surface area contributed by atoms with Gasteiger partial charge >= 0.3 is 0 Å². The Hall–Kier alpha value is -8.84. The molecule has 0 atom stereocenters.